The second-order valence-corrected chi connectivity index (χ2v) is 3.48. The molecule has 0 aliphatic heterocycles. The highest BCUT2D eigenvalue weighted by molar-refractivity contribution is 5.98. The molecule has 0 aromatic carbocycles. The lowest BCUT2D eigenvalue weighted by atomic mass is 10.2. The van der Waals surface area contributed by atoms with E-state index in [0.29, 0.717) is 0 Å². The molecule has 0 radical (unpaired) electrons. The van der Waals surface area contributed by atoms with Crippen LogP contribution >= 0.6 is 0 Å². The van der Waals surface area contributed by atoms with Gasteiger partial charge < -0.3 is 9.47 Å². The monoisotopic (exact) mass is 264 g/mol. The van der Waals surface area contributed by atoms with Crippen LogP contribution < -0.4 is 0 Å². The third-order valence-corrected chi connectivity index (χ3v) is 2.25. The molecule has 0 fully saturated rings. The number of aromatic nitrogens is 4. The minimum absolute atomic E-state index is 0.00259. The molecule has 0 amide bonds. The van der Waals surface area contributed by atoms with Gasteiger partial charge in [0.25, 0.3) is 0 Å². The highest BCUT2D eigenvalue weighted by atomic mass is 16.5. The second kappa shape index (κ2) is 5.42. The van der Waals surface area contributed by atoms with Gasteiger partial charge in [-0.3, -0.25) is 0 Å². The van der Waals surface area contributed by atoms with Crippen molar-refractivity contribution in [2.24, 2.45) is 0 Å². The Morgan fingerprint density at radius 2 is 1.89 bits per heavy atom. The van der Waals surface area contributed by atoms with Crippen LogP contribution in [0.15, 0.2) is 12.4 Å². The van der Waals surface area contributed by atoms with Gasteiger partial charge in [-0.15, -0.1) is 10.2 Å². The van der Waals surface area contributed by atoms with Crippen LogP contribution in [-0.2, 0) is 9.47 Å². The van der Waals surface area contributed by atoms with E-state index in [1.165, 1.54) is 16.9 Å². The molecule has 0 aliphatic rings. The Hall–Kier alpha value is -2.51. The molecule has 2 heterocycles. The van der Waals surface area contributed by atoms with Gasteiger partial charge in [0.2, 0.25) is 0 Å². The summed E-state index contributed by atoms with van der Waals surface area (Å²) in [5.41, 5.74) is 0.348. The predicted molar refractivity (Wildman–Crippen MR) is 62.7 cm³/mol. The zero-order valence-corrected chi connectivity index (χ0v) is 10.5. The molecule has 100 valence electrons. The van der Waals surface area contributed by atoms with E-state index in [-0.39, 0.29) is 30.1 Å². The molecule has 19 heavy (non-hydrogen) atoms. The topological polar surface area (TPSA) is 95.7 Å². The van der Waals surface area contributed by atoms with Gasteiger partial charge in [-0.1, -0.05) is 0 Å². The zero-order valence-electron chi connectivity index (χ0n) is 10.5. The molecule has 0 aliphatic carbocycles. The fourth-order valence-electron chi connectivity index (χ4n) is 1.49. The lowest BCUT2D eigenvalue weighted by molar-refractivity contribution is 0.0517. The first-order valence-corrected chi connectivity index (χ1v) is 5.72. The number of carbonyl (C=O) groups is 2. The normalized spacial score (nSPS) is 10.4. The van der Waals surface area contributed by atoms with E-state index in [0.717, 1.165) is 0 Å². The van der Waals surface area contributed by atoms with Crippen molar-refractivity contribution in [2.75, 3.05) is 13.2 Å². The number of rotatable bonds is 4. The first-order chi connectivity index (χ1) is 9.17. The Morgan fingerprint density at radius 3 is 2.58 bits per heavy atom. The first kappa shape index (κ1) is 12.9. The van der Waals surface area contributed by atoms with Gasteiger partial charge in [-0.05, 0) is 19.9 Å². The Bertz CT molecular complexity index is 622. The Balaban J connectivity index is 2.51. The smallest absolute Gasteiger partial charge is 0.358 e. The van der Waals surface area contributed by atoms with Crippen LogP contribution in [0.4, 0.5) is 0 Å². The van der Waals surface area contributed by atoms with Gasteiger partial charge in [0.05, 0.1) is 13.2 Å². The Labute approximate surface area is 108 Å². The van der Waals surface area contributed by atoms with Gasteiger partial charge in [0, 0.05) is 0 Å². The maximum Gasteiger partial charge on any atom is 0.358 e. The third-order valence-electron chi connectivity index (χ3n) is 2.25. The molecule has 2 rings (SSSR count). The summed E-state index contributed by atoms with van der Waals surface area (Å²) in [5, 5.41) is 11.4. The van der Waals surface area contributed by atoms with Crippen molar-refractivity contribution in [2.45, 2.75) is 13.8 Å². The van der Waals surface area contributed by atoms with Gasteiger partial charge >= 0.3 is 11.9 Å². The molecule has 2 aromatic rings. The van der Waals surface area contributed by atoms with Crippen molar-refractivity contribution in [1.29, 1.82) is 0 Å². The number of esters is 2. The summed E-state index contributed by atoms with van der Waals surface area (Å²) in [6.07, 6.45) is 1.29. The molecule has 8 heteroatoms. The Kier molecular flexibility index (Phi) is 3.69. The molecule has 0 atom stereocenters. The number of hydrogen-bond acceptors (Lipinski definition) is 7. The van der Waals surface area contributed by atoms with Gasteiger partial charge in [0.1, 0.15) is 11.9 Å². The second-order valence-electron chi connectivity index (χ2n) is 3.48. The fraction of sp³-hybridized carbons (Fsp3) is 0.364. The van der Waals surface area contributed by atoms with Crippen LogP contribution in [0.3, 0.4) is 0 Å². The summed E-state index contributed by atoms with van der Waals surface area (Å²) in [4.78, 5) is 23.5. The molecular formula is C11H12N4O4. The summed E-state index contributed by atoms with van der Waals surface area (Å²) in [6, 6.07) is 1.29. The fourth-order valence-corrected chi connectivity index (χ4v) is 1.49. The van der Waals surface area contributed by atoms with Gasteiger partial charge in [-0.25, -0.2) is 9.59 Å². The van der Waals surface area contributed by atoms with Gasteiger partial charge in [0.15, 0.2) is 11.3 Å². The highest BCUT2D eigenvalue weighted by Gasteiger charge is 2.19. The van der Waals surface area contributed by atoms with Crippen LogP contribution in [0.2, 0.25) is 0 Å². The number of carbonyl (C=O) groups excluding carboxylic acids is 2. The van der Waals surface area contributed by atoms with Crippen molar-refractivity contribution in [3.8, 4) is 0 Å². The maximum atomic E-state index is 11.8. The van der Waals surface area contributed by atoms with Crippen molar-refractivity contribution in [3.63, 3.8) is 0 Å². The van der Waals surface area contributed by atoms with Crippen molar-refractivity contribution in [3.05, 3.63) is 23.7 Å². The summed E-state index contributed by atoms with van der Waals surface area (Å²) in [6.45, 7) is 3.81. The molecule has 0 saturated carbocycles. The first-order valence-electron chi connectivity index (χ1n) is 5.72. The van der Waals surface area contributed by atoms with Gasteiger partial charge in [-0.2, -0.15) is 9.61 Å². The molecule has 0 unspecified atom stereocenters. The molecule has 0 saturated heterocycles. The van der Waals surface area contributed by atoms with Crippen molar-refractivity contribution in [1.82, 2.24) is 19.8 Å². The molecule has 2 aromatic heterocycles. The average Bonchev–Trinajstić information content (AvgIpc) is 2.86. The van der Waals surface area contributed by atoms with Crippen molar-refractivity contribution >= 4 is 17.6 Å². The molecular weight excluding hydrogens is 252 g/mol. The summed E-state index contributed by atoms with van der Waals surface area (Å²) >= 11 is 0. The van der Waals surface area contributed by atoms with Crippen LogP contribution in [0, 0.1) is 0 Å². The Morgan fingerprint density at radius 1 is 1.21 bits per heavy atom. The van der Waals surface area contributed by atoms with E-state index in [1.54, 1.807) is 13.8 Å². The third kappa shape index (κ3) is 2.51. The highest BCUT2D eigenvalue weighted by Crippen LogP contribution is 2.11. The van der Waals surface area contributed by atoms with E-state index in [9.17, 15) is 9.59 Å². The van der Waals surface area contributed by atoms with E-state index in [4.69, 9.17) is 9.47 Å². The largest absolute Gasteiger partial charge is 0.462 e. The number of fused-ring (bicyclic) bond motifs is 1. The minimum Gasteiger partial charge on any atom is -0.462 e. The minimum atomic E-state index is -0.622. The van der Waals surface area contributed by atoms with Crippen LogP contribution in [0.5, 0.6) is 0 Å². The maximum absolute atomic E-state index is 11.8. The van der Waals surface area contributed by atoms with E-state index < -0.39 is 11.9 Å². The summed E-state index contributed by atoms with van der Waals surface area (Å²) in [7, 11) is 0. The molecule has 0 bridgehead atoms. The van der Waals surface area contributed by atoms with E-state index in [1.807, 2.05) is 0 Å². The lowest BCUT2D eigenvalue weighted by Gasteiger charge is -2.05. The average molecular weight is 264 g/mol. The van der Waals surface area contributed by atoms with Crippen LogP contribution in [-0.4, -0.2) is 45.0 Å². The quantitative estimate of drug-likeness (QED) is 0.741. The standard InChI is InChI=1S/C11H12N4O4/c1-3-18-10(16)7-5-8(11(17)19-4-2)14-15-6-12-13-9(7)15/h5-6H,3-4H2,1-2H3. The van der Waals surface area contributed by atoms with Crippen molar-refractivity contribution < 1.29 is 19.1 Å². The molecule has 8 nitrogen and oxygen atoms in total. The van der Waals surface area contributed by atoms with Crippen LogP contribution in [0.25, 0.3) is 5.65 Å². The summed E-state index contributed by atoms with van der Waals surface area (Å²) in [5.74, 6) is -1.21. The zero-order chi connectivity index (χ0) is 13.8. The number of ether oxygens (including phenoxy) is 2. The van der Waals surface area contributed by atoms with E-state index >= 15 is 0 Å². The van der Waals surface area contributed by atoms with E-state index in [2.05, 4.69) is 15.3 Å². The lowest BCUT2D eigenvalue weighted by Crippen LogP contribution is -2.14. The summed E-state index contributed by atoms with van der Waals surface area (Å²) < 4.78 is 11.0. The van der Waals surface area contributed by atoms with Crippen LogP contribution in [0.1, 0.15) is 34.7 Å². The SMILES string of the molecule is CCOC(=O)c1cc(C(=O)OCC)c2nncn2n1. The molecule has 0 spiro atoms. The number of nitrogens with zero attached hydrogens (tertiary/aromatic N) is 4. The molecule has 0 N–H and O–H groups in total. The predicted octanol–water partition coefficient (Wildman–Crippen LogP) is 0.478. The number of hydrogen-bond donors (Lipinski definition) is 0.